The minimum absolute atomic E-state index is 0. The van der Waals surface area contributed by atoms with E-state index in [4.69, 9.17) is 0 Å². The maximum Gasteiger partial charge on any atom is -1.00 e. The van der Waals surface area contributed by atoms with Crippen LogP contribution in [0, 0.1) is 0 Å². The molecule has 2 aromatic carbocycles. The maximum atomic E-state index is 2.46. The SMILES string of the molecule is CC1=Cc2ccccc2C1C1=C(C)[CH]([Zr+2])c2cccc([SiH](C)C)c21.[Cl-].[Cl-]. The van der Waals surface area contributed by atoms with Crippen LogP contribution < -0.4 is 30.0 Å². The molecule has 26 heavy (non-hydrogen) atoms. The van der Waals surface area contributed by atoms with E-state index in [1.807, 2.05) is 0 Å². The molecule has 2 unspecified atom stereocenters. The van der Waals surface area contributed by atoms with E-state index in [1.165, 1.54) is 16.7 Å². The van der Waals surface area contributed by atoms with Gasteiger partial charge in [0.1, 0.15) is 0 Å². The molecule has 0 heterocycles. The molecule has 0 amide bonds. The second-order valence-electron chi connectivity index (χ2n) is 7.45. The van der Waals surface area contributed by atoms with Crippen LogP contribution in [-0.4, -0.2) is 8.80 Å². The zero-order valence-corrected chi connectivity index (χ0v) is 20.7. The van der Waals surface area contributed by atoms with E-state index in [-0.39, 0.29) is 24.8 Å². The first-order valence-corrected chi connectivity index (χ1v) is 13.1. The van der Waals surface area contributed by atoms with Gasteiger partial charge in [0.15, 0.2) is 0 Å². The van der Waals surface area contributed by atoms with Crippen LogP contribution in [0.25, 0.3) is 11.6 Å². The van der Waals surface area contributed by atoms with Gasteiger partial charge in [-0.15, -0.1) is 0 Å². The van der Waals surface area contributed by atoms with Crippen molar-refractivity contribution in [3.05, 3.63) is 75.9 Å². The Morgan fingerprint density at radius 3 is 2.23 bits per heavy atom. The second-order valence-corrected chi connectivity index (χ2v) is 11.8. The Bertz CT molecular complexity index is 899. The van der Waals surface area contributed by atoms with E-state index in [0.29, 0.717) is 9.54 Å². The molecule has 0 radical (unpaired) electrons. The van der Waals surface area contributed by atoms with E-state index in [9.17, 15) is 0 Å². The third-order valence-electron chi connectivity index (χ3n) is 5.62. The van der Waals surface area contributed by atoms with E-state index >= 15 is 0 Å². The van der Waals surface area contributed by atoms with E-state index in [1.54, 1.807) is 52.2 Å². The van der Waals surface area contributed by atoms with Crippen LogP contribution in [0.4, 0.5) is 0 Å². The van der Waals surface area contributed by atoms with Crippen LogP contribution in [-0.2, 0) is 24.7 Å². The van der Waals surface area contributed by atoms with Crippen molar-refractivity contribution in [3.63, 3.8) is 0 Å². The van der Waals surface area contributed by atoms with E-state index < -0.39 is 8.80 Å². The van der Waals surface area contributed by atoms with Gasteiger partial charge in [-0.2, -0.15) is 0 Å². The number of rotatable bonds is 2. The zero-order valence-electron chi connectivity index (χ0n) is 15.6. The minimum atomic E-state index is -0.860. The standard InChI is InChI=1S/C22H23Si.2ClH.Zr/c1-14-12-16-8-5-6-10-18(16)20(14)21-15(2)13-17-9-7-11-19(22(17)21)23(3)4;;;/h5-13,20,23H,1-4H3;2*1H;/q;;;+2/p-2. The monoisotopic (exact) mass is 475 g/mol. The zero-order chi connectivity index (χ0) is 17.0. The Hall–Kier alpha value is -0.400. The van der Waals surface area contributed by atoms with Crippen LogP contribution in [0.15, 0.2) is 53.6 Å². The number of fused-ring (bicyclic) bond motifs is 2. The molecule has 2 atom stereocenters. The fourth-order valence-corrected chi connectivity index (χ4v) is 6.81. The molecular formula is C22H23Cl2SiZr. The first-order valence-electron chi connectivity index (χ1n) is 8.82. The van der Waals surface area contributed by atoms with Gasteiger partial charge >= 0.3 is 163 Å². The molecule has 0 nitrogen and oxygen atoms in total. The normalized spacial score (nSPS) is 20.3. The van der Waals surface area contributed by atoms with Crippen molar-refractivity contribution in [2.24, 2.45) is 0 Å². The summed E-state index contributed by atoms with van der Waals surface area (Å²) in [5.74, 6) is 0.458. The van der Waals surface area contributed by atoms with E-state index in [2.05, 4.69) is 75.5 Å². The second kappa shape index (κ2) is 8.31. The van der Waals surface area contributed by atoms with Gasteiger partial charge in [-0.05, 0) is 0 Å². The van der Waals surface area contributed by atoms with Crippen LogP contribution in [0.3, 0.4) is 0 Å². The number of benzene rings is 2. The van der Waals surface area contributed by atoms with Crippen LogP contribution in [0.2, 0.25) is 13.1 Å². The largest absolute Gasteiger partial charge is 1.00 e. The summed E-state index contributed by atoms with van der Waals surface area (Å²) in [5, 5.41) is 1.66. The van der Waals surface area contributed by atoms with Crippen molar-refractivity contribution < 1.29 is 49.5 Å². The first kappa shape index (κ1) is 21.9. The fraction of sp³-hybridized carbons (Fsp3) is 0.273. The molecule has 2 aromatic rings. The minimum Gasteiger partial charge on any atom is -1.00 e. The van der Waals surface area contributed by atoms with Gasteiger partial charge in [0, 0.05) is 0 Å². The predicted molar refractivity (Wildman–Crippen MR) is 103 cm³/mol. The summed E-state index contributed by atoms with van der Waals surface area (Å²) in [6.07, 6.45) is 2.39. The van der Waals surface area contributed by atoms with Gasteiger partial charge in [-0.25, -0.2) is 0 Å². The van der Waals surface area contributed by atoms with Gasteiger partial charge in [0.25, 0.3) is 0 Å². The molecule has 4 rings (SSSR count). The topological polar surface area (TPSA) is 0 Å². The molecule has 0 saturated heterocycles. The molecule has 0 aliphatic heterocycles. The summed E-state index contributed by atoms with van der Waals surface area (Å²) in [7, 11) is -0.860. The summed E-state index contributed by atoms with van der Waals surface area (Å²) >= 11 is 1.62. The summed E-state index contributed by atoms with van der Waals surface area (Å²) < 4.78 is 0.635. The summed E-state index contributed by atoms with van der Waals surface area (Å²) in [5.41, 5.74) is 10.9. The van der Waals surface area contributed by atoms with Crippen molar-refractivity contribution in [1.82, 2.24) is 0 Å². The van der Waals surface area contributed by atoms with Crippen molar-refractivity contribution >= 4 is 25.6 Å². The summed E-state index contributed by atoms with van der Waals surface area (Å²) in [6, 6.07) is 16.0. The predicted octanol–water partition coefficient (Wildman–Crippen LogP) is -1.04. The molecule has 0 saturated carbocycles. The van der Waals surface area contributed by atoms with Crippen molar-refractivity contribution in [3.8, 4) is 0 Å². The van der Waals surface area contributed by atoms with Gasteiger partial charge in [0.05, 0.1) is 0 Å². The number of hydrogen-bond acceptors (Lipinski definition) is 0. The summed E-state index contributed by atoms with van der Waals surface area (Å²) in [6.45, 7) is 9.62. The average molecular weight is 478 g/mol. The molecule has 2 aliphatic rings. The molecule has 0 bridgehead atoms. The van der Waals surface area contributed by atoms with E-state index in [0.717, 1.165) is 0 Å². The Kier molecular flexibility index (Phi) is 7.00. The van der Waals surface area contributed by atoms with Crippen molar-refractivity contribution in [1.29, 1.82) is 0 Å². The average Bonchev–Trinajstić information content (AvgIpc) is 3.02. The molecule has 0 aromatic heterocycles. The van der Waals surface area contributed by atoms with Gasteiger partial charge < -0.3 is 24.8 Å². The van der Waals surface area contributed by atoms with Gasteiger partial charge in [-0.3, -0.25) is 0 Å². The Morgan fingerprint density at radius 1 is 0.885 bits per heavy atom. The van der Waals surface area contributed by atoms with Gasteiger partial charge in [-0.1, -0.05) is 0 Å². The maximum absolute atomic E-state index is 2.46. The number of hydrogen-bond donors (Lipinski definition) is 0. The third kappa shape index (κ3) is 3.28. The third-order valence-corrected chi connectivity index (χ3v) is 9.18. The van der Waals surface area contributed by atoms with Crippen molar-refractivity contribution in [2.45, 2.75) is 36.5 Å². The Balaban J connectivity index is 0.00000121. The Morgan fingerprint density at radius 2 is 1.54 bits per heavy atom. The molecular weight excluding hydrogens is 454 g/mol. The van der Waals surface area contributed by atoms with Crippen LogP contribution >= 0.6 is 0 Å². The molecule has 0 spiro atoms. The molecule has 4 heteroatoms. The summed E-state index contributed by atoms with van der Waals surface area (Å²) in [4.78, 5) is 0. The molecule has 133 valence electrons. The van der Waals surface area contributed by atoms with Crippen LogP contribution in [0.5, 0.6) is 0 Å². The van der Waals surface area contributed by atoms with Crippen molar-refractivity contribution in [2.75, 3.05) is 0 Å². The first-order chi connectivity index (χ1) is 11.5. The smallest absolute Gasteiger partial charge is 1.00 e. The number of allylic oxidation sites excluding steroid dienone is 3. The van der Waals surface area contributed by atoms with Gasteiger partial charge in [0.2, 0.25) is 0 Å². The van der Waals surface area contributed by atoms with Crippen LogP contribution in [0.1, 0.15) is 45.6 Å². The quantitative estimate of drug-likeness (QED) is 0.485. The Labute approximate surface area is 186 Å². The fourth-order valence-electron chi connectivity index (χ4n) is 4.44. The molecule has 0 N–H and O–H groups in total. The number of halogens is 2. The molecule has 0 fully saturated rings. The molecule has 2 aliphatic carbocycles.